The lowest BCUT2D eigenvalue weighted by Crippen LogP contribution is -2.50. The van der Waals surface area contributed by atoms with Crippen LogP contribution in [0, 0.1) is 18.7 Å². The molecule has 1 aliphatic heterocycles. The van der Waals surface area contributed by atoms with Crippen molar-refractivity contribution in [2.45, 2.75) is 31.2 Å². The van der Waals surface area contributed by atoms with Gasteiger partial charge in [-0.3, -0.25) is 0 Å². The van der Waals surface area contributed by atoms with Crippen LogP contribution in [0.3, 0.4) is 0 Å². The summed E-state index contributed by atoms with van der Waals surface area (Å²) in [5, 5.41) is 3.14. The molecule has 1 aliphatic rings. The zero-order valence-electron chi connectivity index (χ0n) is 11.1. The Bertz CT molecular complexity index is 560. The number of sulfonamides is 1. The van der Waals surface area contributed by atoms with Crippen LogP contribution < -0.4 is 10.0 Å². The van der Waals surface area contributed by atoms with Gasteiger partial charge in [-0.1, -0.05) is 13.0 Å². The maximum atomic E-state index is 13.8. The second kappa shape index (κ2) is 5.56. The largest absolute Gasteiger partial charge is 0.315 e. The summed E-state index contributed by atoms with van der Waals surface area (Å²) in [4.78, 5) is -0.282. The summed E-state index contributed by atoms with van der Waals surface area (Å²) in [6.45, 7) is 5.19. The Kier molecular flexibility index (Phi) is 4.23. The monoisotopic (exact) mass is 286 g/mol. The minimum Gasteiger partial charge on any atom is -0.315 e. The van der Waals surface area contributed by atoms with E-state index < -0.39 is 15.8 Å². The van der Waals surface area contributed by atoms with Gasteiger partial charge in [0.25, 0.3) is 0 Å². The molecule has 6 heteroatoms. The van der Waals surface area contributed by atoms with Gasteiger partial charge in [0.15, 0.2) is 0 Å². The molecule has 0 spiro atoms. The molecule has 0 aliphatic carbocycles. The van der Waals surface area contributed by atoms with Gasteiger partial charge >= 0.3 is 0 Å². The van der Waals surface area contributed by atoms with Crippen LogP contribution >= 0.6 is 0 Å². The summed E-state index contributed by atoms with van der Waals surface area (Å²) in [5.74, 6) is -0.464. The molecule has 2 atom stereocenters. The Balaban J connectivity index is 2.22. The molecule has 2 rings (SSSR count). The Morgan fingerprint density at radius 3 is 2.79 bits per heavy atom. The Morgan fingerprint density at radius 2 is 2.16 bits per heavy atom. The van der Waals surface area contributed by atoms with Crippen molar-refractivity contribution in [2.75, 3.05) is 13.1 Å². The maximum absolute atomic E-state index is 13.8. The minimum atomic E-state index is -3.81. The van der Waals surface area contributed by atoms with Crippen molar-refractivity contribution < 1.29 is 12.8 Å². The van der Waals surface area contributed by atoms with E-state index in [1.54, 1.807) is 13.0 Å². The molecule has 1 aromatic carbocycles. The van der Waals surface area contributed by atoms with E-state index in [9.17, 15) is 12.8 Å². The number of rotatable bonds is 3. The molecule has 1 saturated heterocycles. The second-order valence-corrected chi connectivity index (χ2v) is 6.81. The molecule has 2 unspecified atom stereocenters. The van der Waals surface area contributed by atoms with Gasteiger partial charge in [-0.05, 0) is 43.5 Å². The average molecular weight is 286 g/mol. The second-order valence-electron chi connectivity index (χ2n) is 5.13. The molecule has 0 aromatic heterocycles. The molecule has 106 valence electrons. The highest BCUT2D eigenvalue weighted by Crippen LogP contribution is 2.18. The van der Waals surface area contributed by atoms with E-state index in [0.717, 1.165) is 13.0 Å². The van der Waals surface area contributed by atoms with Gasteiger partial charge in [-0.25, -0.2) is 17.5 Å². The number of halogens is 1. The standard InChI is InChI=1S/C13H19FN2O2S/c1-9-3-4-13(11(14)7-9)19(17,18)16-12-8-15-6-5-10(12)2/h3-4,7,10,12,15-16H,5-6,8H2,1-2H3. The predicted octanol–water partition coefficient (Wildman–Crippen LogP) is 1.41. The van der Waals surface area contributed by atoms with Crippen molar-refractivity contribution in [1.29, 1.82) is 0 Å². The Hall–Kier alpha value is -0.980. The lowest BCUT2D eigenvalue weighted by molar-refractivity contribution is 0.327. The number of piperidine rings is 1. The van der Waals surface area contributed by atoms with Crippen LogP contribution in [0.25, 0.3) is 0 Å². The summed E-state index contributed by atoms with van der Waals surface area (Å²) >= 11 is 0. The van der Waals surface area contributed by atoms with Crippen molar-refractivity contribution in [2.24, 2.45) is 5.92 Å². The van der Waals surface area contributed by atoms with E-state index in [2.05, 4.69) is 10.0 Å². The highest BCUT2D eigenvalue weighted by Gasteiger charge is 2.28. The van der Waals surface area contributed by atoms with Crippen LogP contribution in [-0.4, -0.2) is 27.5 Å². The van der Waals surface area contributed by atoms with E-state index in [-0.39, 0.29) is 16.9 Å². The number of hydrogen-bond donors (Lipinski definition) is 2. The summed E-state index contributed by atoms with van der Waals surface area (Å²) in [6, 6.07) is 3.95. The number of nitrogens with one attached hydrogen (secondary N) is 2. The highest BCUT2D eigenvalue weighted by atomic mass is 32.2. The summed E-state index contributed by atoms with van der Waals surface area (Å²) in [7, 11) is -3.81. The Labute approximate surface area is 113 Å². The number of aryl methyl sites for hydroxylation is 1. The van der Waals surface area contributed by atoms with Gasteiger partial charge in [-0.15, -0.1) is 0 Å². The molecule has 1 aromatic rings. The first-order chi connectivity index (χ1) is 8.90. The third-order valence-electron chi connectivity index (χ3n) is 3.51. The first-order valence-corrected chi connectivity index (χ1v) is 7.87. The van der Waals surface area contributed by atoms with Gasteiger partial charge in [0.2, 0.25) is 10.0 Å². The number of benzene rings is 1. The normalized spacial score (nSPS) is 24.4. The molecular formula is C13H19FN2O2S. The van der Waals surface area contributed by atoms with Gasteiger partial charge in [0.05, 0.1) is 0 Å². The zero-order valence-corrected chi connectivity index (χ0v) is 11.9. The number of hydrogen-bond acceptors (Lipinski definition) is 3. The first-order valence-electron chi connectivity index (χ1n) is 6.39. The highest BCUT2D eigenvalue weighted by molar-refractivity contribution is 7.89. The van der Waals surface area contributed by atoms with Gasteiger partial charge in [0, 0.05) is 12.6 Å². The van der Waals surface area contributed by atoms with Gasteiger partial charge in [-0.2, -0.15) is 0 Å². The third-order valence-corrected chi connectivity index (χ3v) is 5.03. The fraction of sp³-hybridized carbons (Fsp3) is 0.538. The fourth-order valence-corrected chi connectivity index (χ4v) is 3.64. The molecule has 2 N–H and O–H groups in total. The third kappa shape index (κ3) is 3.32. The molecule has 19 heavy (non-hydrogen) atoms. The van der Waals surface area contributed by atoms with E-state index in [1.165, 1.54) is 12.1 Å². The molecule has 1 heterocycles. The fourth-order valence-electron chi connectivity index (χ4n) is 2.23. The first kappa shape index (κ1) is 14.4. The quantitative estimate of drug-likeness (QED) is 0.883. The van der Waals surface area contributed by atoms with Crippen molar-refractivity contribution in [3.63, 3.8) is 0 Å². The van der Waals surface area contributed by atoms with Crippen molar-refractivity contribution in [1.82, 2.24) is 10.0 Å². The van der Waals surface area contributed by atoms with Gasteiger partial charge in [0.1, 0.15) is 10.7 Å². The average Bonchev–Trinajstić information content (AvgIpc) is 2.31. The minimum absolute atomic E-state index is 0.195. The maximum Gasteiger partial charge on any atom is 0.243 e. The summed E-state index contributed by atoms with van der Waals surface area (Å²) < 4.78 is 40.8. The summed E-state index contributed by atoms with van der Waals surface area (Å²) in [5.41, 5.74) is 0.698. The van der Waals surface area contributed by atoms with Crippen molar-refractivity contribution >= 4 is 10.0 Å². The van der Waals surface area contributed by atoms with Crippen molar-refractivity contribution in [3.8, 4) is 0 Å². The van der Waals surface area contributed by atoms with E-state index in [4.69, 9.17) is 0 Å². The smallest absolute Gasteiger partial charge is 0.243 e. The van der Waals surface area contributed by atoms with Gasteiger partial charge < -0.3 is 5.32 Å². The molecular weight excluding hydrogens is 267 g/mol. The van der Waals surface area contributed by atoms with Crippen LogP contribution in [0.4, 0.5) is 4.39 Å². The molecule has 0 amide bonds. The van der Waals surface area contributed by atoms with Crippen LogP contribution in [0.2, 0.25) is 0 Å². The van der Waals surface area contributed by atoms with E-state index >= 15 is 0 Å². The van der Waals surface area contributed by atoms with Crippen LogP contribution in [0.1, 0.15) is 18.9 Å². The van der Waals surface area contributed by atoms with E-state index in [0.29, 0.717) is 12.1 Å². The molecule has 0 radical (unpaired) electrons. The lowest BCUT2D eigenvalue weighted by Gasteiger charge is -2.30. The topological polar surface area (TPSA) is 58.2 Å². The molecule has 1 fully saturated rings. The molecule has 4 nitrogen and oxygen atoms in total. The Morgan fingerprint density at radius 1 is 1.42 bits per heavy atom. The molecule has 0 bridgehead atoms. The van der Waals surface area contributed by atoms with Crippen molar-refractivity contribution in [3.05, 3.63) is 29.6 Å². The SMILES string of the molecule is Cc1ccc(S(=O)(=O)NC2CNCCC2C)c(F)c1. The predicted molar refractivity (Wildman–Crippen MR) is 71.9 cm³/mol. The summed E-state index contributed by atoms with van der Waals surface area (Å²) in [6.07, 6.45) is 0.906. The lowest BCUT2D eigenvalue weighted by atomic mass is 9.96. The zero-order chi connectivity index (χ0) is 14.0. The van der Waals surface area contributed by atoms with Crippen LogP contribution in [-0.2, 0) is 10.0 Å². The van der Waals surface area contributed by atoms with E-state index in [1.807, 2.05) is 6.92 Å². The van der Waals surface area contributed by atoms with Crippen LogP contribution in [0.15, 0.2) is 23.1 Å². The van der Waals surface area contributed by atoms with Crippen LogP contribution in [0.5, 0.6) is 0 Å². The molecule has 0 saturated carbocycles.